The molecule has 6 N–H and O–H groups in total. The molecule has 1 fully saturated rings. The number of carbonyl (C=O) groups excluding carboxylic acids is 2. The van der Waals surface area contributed by atoms with Crippen LogP contribution in [0.2, 0.25) is 0 Å². The number of anilines is 1. The smallest absolute Gasteiger partial charge is 0.251 e. The predicted octanol–water partition coefficient (Wildman–Crippen LogP) is 1.02. The molecule has 29 heavy (non-hydrogen) atoms. The number of aliphatic hydroxyl groups excluding tert-OH is 1. The number of carbonyl (C=O) groups is 2. The first-order valence-electron chi connectivity index (χ1n) is 9.71. The highest BCUT2D eigenvalue weighted by Gasteiger charge is 2.23. The van der Waals surface area contributed by atoms with Crippen LogP contribution in [0.3, 0.4) is 0 Å². The van der Waals surface area contributed by atoms with Crippen molar-refractivity contribution in [2.75, 3.05) is 25.4 Å². The third kappa shape index (κ3) is 7.35. The summed E-state index contributed by atoms with van der Waals surface area (Å²) in [5.74, 6) is -1.05. The van der Waals surface area contributed by atoms with Crippen molar-refractivity contribution in [3.63, 3.8) is 0 Å². The SMILES string of the molecule is C/C(=C/N[C@H]1CC[C@@H](CO)O1)C(=O)NCCCCNC(=O)c1ccc(F)c(N)c1. The number of unbranched alkanes of at least 4 members (excludes halogenated alkanes) is 1. The van der Waals surface area contributed by atoms with Crippen LogP contribution in [0, 0.1) is 5.82 Å². The summed E-state index contributed by atoms with van der Waals surface area (Å²) in [6.07, 6.45) is 4.25. The van der Waals surface area contributed by atoms with Gasteiger partial charge in [-0.3, -0.25) is 9.59 Å². The largest absolute Gasteiger partial charge is 0.396 e. The number of halogens is 1. The van der Waals surface area contributed by atoms with Gasteiger partial charge >= 0.3 is 0 Å². The van der Waals surface area contributed by atoms with Gasteiger partial charge in [-0.25, -0.2) is 4.39 Å². The molecule has 1 heterocycles. The number of amides is 2. The Hall–Kier alpha value is -2.65. The zero-order valence-electron chi connectivity index (χ0n) is 16.5. The third-order valence-electron chi connectivity index (χ3n) is 4.59. The summed E-state index contributed by atoms with van der Waals surface area (Å²) in [5, 5.41) is 17.6. The maximum atomic E-state index is 13.1. The minimum absolute atomic E-state index is 0.000226. The van der Waals surface area contributed by atoms with Crippen molar-refractivity contribution in [1.29, 1.82) is 0 Å². The Morgan fingerprint density at radius 2 is 2.00 bits per heavy atom. The number of nitrogens with one attached hydrogen (secondary N) is 3. The minimum Gasteiger partial charge on any atom is -0.396 e. The summed E-state index contributed by atoms with van der Waals surface area (Å²) in [6, 6.07) is 3.84. The van der Waals surface area contributed by atoms with E-state index in [4.69, 9.17) is 15.6 Å². The van der Waals surface area contributed by atoms with Crippen LogP contribution in [-0.4, -0.2) is 48.9 Å². The molecule has 1 aliphatic heterocycles. The maximum Gasteiger partial charge on any atom is 0.251 e. The zero-order valence-corrected chi connectivity index (χ0v) is 16.5. The van der Waals surface area contributed by atoms with E-state index in [9.17, 15) is 14.0 Å². The van der Waals surface area contributed by atoms with Gasteiger partial charge in [-0.1, -0.05) is 0 Å². The summed E-state index contributed by atoms with van der Waals surface area (Å²) in [6.45, 7) is 2.62. The second-order valence-electron chi connectivity index (χ2n) is 6.96. The monoisotopic (exact) mass is 408 g/mol. The van der Waals surface area contributed by atoms with Crippen molar-refractivity contribution < 1.29 is 23.8 Å². The highest BCUT2D eigenvalue weighted by atomic mass is 19.1. The van der Waals surface area contributed by atoms with E-state index in [-0.39, 0.29) is 36.4 Å². The van der Waals surface area contributed by atoms with Gasteiger partial charge < -0.3 is 31.5 Å². The Kier molecular flexibility index (Phi) is 8.88. The first-order chi connectivity index (χ1) is 13.9. The van der Waals surface area contributed by atoms with Crippen LogP contribution < -0.4 is 21.7 Å². The Labute approximate surface area is 169 Å². The highest BCUT2D eigenvalue weighted by Crippen LogP contribution is 2.17. The maximum absolute atomic E-state index is 13.1. The number of nitrogens with two attached hydrogens (primary N) is 1. The molecule has 0 radical (unpaired) electrons. The Bertz CT molecular complexity index is 741. The molecule has 1 aliphatic rings. The van der Waals surface area contributed by atoms with E-state index in [1.807, 2.05) is 0 Å². The molecular formula is C20H29FN4O4. The molecule has 0 aromatic heterocycles. The first-order valence-corrected chi connectivity index (χ1v) is 9.71. The van der Waals surface area contributed by atoms with Crippen LogP contribution in [0.1, 0.15) is 43.0 Å². The van der Waals surface area contributed by atoms with E-state index >= 15 is 0 Å². The summed E-state index contributed by atoms with van der Waals surface area (Å²) in [5.41, 5.74) is 6.23. The lowest BCUT2D eigenvalue weighted by Gasteiger charge is -2.13. The molecule has 2 atom stereocenters. The minimum atomic E-state index is -0.554. The highest BCUT2D eigenvalue weighted by molar-refractivity contribution is 5.95. The molecule has 9 heteroatoms. The normalized spacial score (nSPS) is 19.1. The van der Waals surface area contributed by atoms with Crippen molar-refractivity contribution in [3.05, 3.63) is 41.4 Å². The lowest BCUT2D eigenvalue weighted by Crippen LogP contribution is -2.30. The number of hydrogen-bond donors (Lipinski definition) is 5. The Balaban J connectivity index is 1.58. The van der Waals surface area contributed by atoms with Gasteiger partial charge in [0.1, 0.15) is 12.0 Å². The second kappa shape index (κ2) is 11.4. The quantitative estimate of drug-likeness (QED) is 0.224. The topological polar surface area (TPSA) is 126 Å². The van der Waals surface area contributed by atoms with Crippen LogP contribution in [0.4, 0.5) is 10.1 Å². The molecule has 0 unspecified atom stereocenters. The van der Waals surface area contributed by atoms with Crippen LogP contribution in [0.25, 0.3) is 0 Å². The number of nitrogen functional groups attached to an aromatic ring is 1. The number of ether oxygens (including phenoxy) is 1. The molecule has 160 valence electrons. The molecule has 2 amide bonds. The van der Waals surface area contributed by atoms with Crippen molar-refractivity contribution in [1.82, 2.24) is 16.0 Å². The molecule has 0 bridgehead atoms. The fourth-order valence-electron chi connectivity index (χ4n) is 2.83. The van der Waals surface area contributed by atoms with E-state index in [2.05, 4.69) is 16.0 Å². The molecule has 0 saturated carbocycles. The molecule has 1 aromatic rings. The first kappa shape index (κ1) is 22.6. The molecule has 1 aromatic carbocycles. The molecular weight excluding hydrogens is 379 g/mol. The number of benzene rings is 1. The van der Waals surface area contributed by atoms with Crippen LogP contribution >= 0.6 is 0 Å². The van der Waals surface area contributed by atoms with E-state index in [1.54, 1.807) is 13.1 Å². The van der Waals surface area contributed by atoms with Crippen molar-refractivity contribution in [2.24, 2.45) is 0 Å². The Morgan fingerprint density at radius 3 is 2.66 bits per heavy atom. The van der Waals surface area contributed by atoms with Crippen molar-refractivity contribution in [2.45, 2.75) is 44.9 Å². The molecule has 0 aliphatic carbocycles. The van der Waals surface area contributed by atoms with E-state index in [0.717, 1.165) is 18.9 Å². The fraction of sp³-hybridized carbons (Fsp3) is 0.500. The zero-order chi connectivity index (χ0) is 21.2. The standard InChI is InChI=1S/C20H29FN4O4/c1-13(11-25-18-7-5-15(12-26)29-18)19(27)23-8-2-3-9-24-20(28)14-4-6-16(21)17(22)10-14/h4,6,10-11,15,18,25-26H,2-3,5,7-9,12,22H2,1H3,(H,23,27)(H,24,28)/b13-11-/t15-,18+/m0/s1. The molecule has 2 rings (SSSR count). The third-order valence-corrected chi connectivity index (χ3v) is 4.59. The average molecular weight is 408 g/mol. The number of aliphatic hydroxyl groups is 1. The summed E-state index contributed by atoms with van der Waals surface area (Å²) in [7, 11) is 0. The van der Waals surface area contributed by atoms with E-state index < -0.39 is 5.82 Å². The second-order valence-corrected chi connectivity index (χ2v) is 6.96. The lowest BCUT2D eigenvalue weighted by molar-refractivity contribution is -0.117. The average Bonchev–Trinajstić information content (AvgIpc) is 3.18. The summed E-state index contributed by atoms with van der Waals surface area (Å²) in [4.78, 5) is 24.0. The van der Waals surface area contributed by atoms with Crippen LogP contribution in [0.5, 0.6) is 0 Å². The van der Waals surface area contributed by atoms with Crippen molar-refractivity contribution in [3.8, 4) is 0 Å². The fourth-order valence-corrected chi connectivity index (χ4v) is 2.83. The van der Waals surface area contributed by atoms with Crippen LogP contribution in [-0.2, 0) is 9.53 Å². The van der Waals surface area contributed by atoms with Crippen molar-refractivity contribution >= 4 is 17.5 Å². The molecule has 1 saturated heterocycles. The Morgan fingerprint density at radius 1 is 1.28 bits per heavy atom. The molecule has 0 spiro atoms. The van der Waals surface area contributed by atoms with E-state index in [1.165, 1.54) is 12.1 Å². The number of rotatable bonds is 10. The van der Waals surface area contributed by atoms with Gasteiger partial charge in [0.15, 0.2) is 0 Å². The van der Waals surface area contributed by atoms with Gasteiger partial charge in [0.2, 0.25) is 5.91 Å². The van der Waals surface area contributed by atoms with Gasteiger partial charge in [-0.05, 0) is 50.8 Å². The van der Waals surface area contributed by atoms with Gasteiger partial charge in [0.05, 0.1) is 18.4 Å². The van der Waals surface area contributed by atoms with E-state index in [0.29, 0.717) is 37.1 Å². The summed E-state index contributed by atoms with van der Waals surface area (Å²) < 4.78 is 18.7. The van der Waals surface area contributed by atoms with Gasteiger partial charge in [0, 0.05) is 30.4 Å². The van der Waals surface area contributed by atoms with Gasteiger partial charge in [0.25, 0.3) is 5.91 Å². The van der Waals surface area contributed by atoms with Crippen LogP contribution in [0.15, 0.2) is 30.0 Å². The molecule has 8 nitrogen and oxygen atoms in total. The lowest BCUT2D eigenvalue weighted by atomic mass is 10.2. The van der Waals surface area contributed by atoms with Gasteiger partial charge in [-0.15, -0.1) is 0 Å². The summed E-state index contributed by atoms with van der Waals surface area (Å²) >= 11 is 0. The predicted molar refractivity (Wildman–Crippen MR) is 107 cm³/mol. The number of hydrogen-bond acceptors (Lipinski definition) is 6. The van der Waals surface area contributed by atoms with Gasteiger partial charge in [-0.2, -0.15) is 0 Å².